The molecule has 0 aromatic carbocycles. The third kappa shape index (κ3) is 2.84. The standard InChI is InChI=1S/C13H15BrN4O/c14-10-5-9(6-16-7-10)12-17-13(19-18-12)8-1-3-11(15)4-2-8/h5-8,11H,1-4,15H2. The highest BCUT2D eigenvalue weighted by Crippen LogP contribution is 2.32. The van der Waals surface area contributed by atoms with Crippen molar-refractivity contribution in [3.05, 3.63) is 28.8 Å². The molecule has 19 heavy (non-hydrogen) atoms. The molecule has 0 saturated heterocycles. The summed E-state index contributed by atoms with van der Waals surface area (Å²) in [5.41, 5.74) is 6.77. The van der Waals surface area contributed by atoms with Crippen LogP contribution in [0.1, 0.15) is 37.5 Å². The first-order valence-electron chi connectivity index (χ1n) is 6.42. The molecule has 0 radical (unpaired) electrons. The number of nitrogens with two attached hydrogens (primary N) is 1. The Labute approximate surface area is 119 Å². The summed E-state index contributed by atoms with van der Waals surface area (Å²) in [6.07, 6.45) is 7.57. The number of hydrogen-bond acceptors (Lipinski definition) is 5. The molecular weight excluding hydrogens is 308 g/mol. The molecule has 1 fully saturated rings. The lowest BCUT2D eigenvalue weighted by Crippen LogP contribution is -2.25. The summed E-state index contributed by atoms with van der Waals surface area (Å²) < 4.78 is 6.29. The monoisotopic (exact) mass is 322 g/mol. The van der Waals surface area contributed by atoms with Crippen molar-refractivity contribution in [2.24, 2.45) is 5.73 Å². The van der Waals surface area contributed by atoms with Crippen molar-refractivity contribution in [3.63, 3.8) is 0 Å². The fraction of sp³-hybridized carbons (Fsp3) is 0.462. The van der Waals surface area contributed by atoms with Crippen LogP contribution >= 0.6 is 15.9 Å². The average Bonchev–Trinajstić information content (AvgIpc) is 2.89. The summed E-state index contributed by atoms with van der Waals surface area (Å²) in [6.45, 7) is 0. The van der Waals surface area contributed by atoms with Crippen LogP contribution in [0.4, 0.5) is 0 Å². The predicted molar refractivity (Wildman–Crippen MR) is 74.4 cm³/mol. The van der Waals surface area contributed by atoms with Crippen molar-refractivity contribution < 1.29 is 4.52 Å². The lowest BCUT2D eigenvalue weighted by Gasteiger charge is -2.22. The van der Waals surface area contributed by atoms with Crippen LogP contribution in [-0.4, -0.2) is 21.2 Å². The fourth-order valence-corrected chi connectivity index (χ4v) is 2.78. The first kappa shape index (κ1) is 12.7. The van der Waals surface area contributed by atoms with Crippen LogP contribution in [0.25, 0.3) is 11.4 Å². The van der Waals surface area contributed by atoms with Crippen molar-refractivity contribution in [2.75, 3.05) is 0 Å². The molecule has 0 amide bonds. The van der Waals surface area contributed by atoms with Gasteiger partial charge >= 0.3 is 0 Å². The van der Waals surface area contributed by atoms with Crippen LogP contribution in [-0.2, 0) is 0 Å². The second-order valence-electron chi connectivity index (χ2n) is 4.96. The Balaban J connectivity index is 1.80. The predicted octanol–water partition coefficient (Wildman–Crippen LogP) is 2.88. The summed E-state index contributed by atoms with van der Waals surface area (Å²) in [4.78, 5) is 8.60. The van der Waals surface area contributed by atoms with E-state index in [4.69, 9.17) is 10.3 Å². The van der Waals surface area contributed by atoms with E-state index in [1.807, 2.05) is 6.07 Å². The van der Waals surface area contributed by atoms with Crippen molar-refractivity contribution in [3.8, 4) is 11.4 Å². The molecule has 1 saturated carbocycles. The van der Waals surface area contributed by atoms with E-state index in [-0.39, 0.29) is 0 Å². The Hall–Kier alpha value is -1.27. The van der Waals surface area contributed by atoms with Gasteiger partial charge in [0.15, 0.2) is 0 Å². The zero-order valence-electron chi connectivity index (χ0n) is 10.4. The van der Waals surface area contributed by atoms with Gasteiger partial charge in [0.1, 0.15) is 0 Å². The van der Waals surface area contributed by atoms with E-state index < -0.39 is 0 Å². The van der Waals surface area contributed by atoms with Gasteiger partial charge in [0.05, 0.1) is 0 Å². The second kappa shape index (κ2) is 5.38. The van der Waals surface area contributed by atoms with Crippen LogP contribution in [0.5, 0.6) is 0 Å². The van der Waals surface area contributed by atoms with Crippen LogP contribution in [0.15, 0.2) is 27.5 Å². The molecule has 2 aromatic heterocycles. The molecule has 2 N–H and O–H groups in total. The van der Waals surface area contributed by atoms with Gasteiger partial charge < -0.3 is 10.3 Å². The maximum atomic E-state index is 5.91. The summed E-state index contributed by atoms with van der Waals surface area (Å²) in [5, 5.41) is 4.04. The SMILES string of the molecule is NC1CCC(c2nc(-c3cncc(Br)c3)no2)CC1. The van der Waals surface area contributed by atoms with E-state index in [0.29, 0.717) is 17.8 Å². The summed E-state index contributed by atoms with van der Waals surface area (Å²) in [6, 6.07) is 2.26. The van der Waals surface area contributed by atoms with Gasteiger partial charge in [0.2, 0.25) is 11.7 Å². The second-order valence-corrected chi connectivity index (χ2v) is 5.88. The minimum atomic E-state index is 0.327. The Kier molecular flexibility index (Phi) is 3.61. The lowest BCUT2D eigenvalue weighted by molar-refractivity contribution is 0.301. The minimum Gasteiger partial charge on any atom is -0.339 e. The van der Waals surface area contributed by atoms with E-state index in [9.17, 15) is 0 Å². The number of halogens is 1. The molecule has 2 aromatic rings. The summed E-state index contributed by atoms with van der Waals surface area (Å²) >= 11 is 3.39. The zero-order chi connectivity index (χ0) is 13.2. The molecule has 6 heteroatoms. The number of hydrogen-bond donors (Lipinski definition) is 1. The zero-order valence-corrected chi connectivity index (χ0v) is 12.0. The molecule has 2 heterocycles. The Bertz CT molecular complexity index is 563. The van der Waals surface area contributed by atoms with Gasteiger partial charge in [-0.1, -0.05) is 5.16 Å². The molecule has 0 unspecified atom stereocenters. The first-order chi connectivity index (χ1) is 9.22. The molecule has 0 spiro atoms. The van der Waals surface area contributed by atoms with Gasteiger partial charge in [-0.05, 0) is 47.7 Å². The van der Waals surface area contributed by atoms with E-state index in [0.717, 1.165) is 41.6 Å². The highest BCUT2D eigenvalue weighted by molar-refractivity contribution is 9.10. The van der Waals surface area contributed by atoms with Crippen molar-refractivity contribution in [1.82, 2.24) is 15.1 Å². The van der Waals surface area contributed by atoms with Gasteiger partial charge in [-0.15, -0.1) is 0 Å². The molecule has 0 bridgehead atoms. The largest absolute Gasteiger partial charge is 0.339 e. The summed E-state index contributed by atoms with van der Waals surface area (Å²) in [5.74, 6) is 1.67. The number of aromatic nitrogens is 3. The smallest absolute Gasteiger partial charge is 0.230 e. The van der Waals surface area contributed by atoms with Gasteiger partial charge in [-0.25, -0.2) is 0 Å². The van der Waals surface area contributed by atoms with E-state index in [2.05, 4.69) is 31.1 Å². The molecule has 100 valence electrons. The van der Waals surface area contributed by atoms with Gasteiger partial charge in [0, 0.05) is 34.4 Å². The summed E-state index contributed by atoms with van der Waals surface area (Å²) in [7, 11) is 0. The fourth-order valence-electron chi connectivity index (χ4n) is 2.42. The van der Waals surface area contributed by atoms with Crippen LogP contribution in [0, 0.1) is 0 Å². The quantitative estimate of drug-likeness (QED) is 0.919. The average molecular weight is 323 g/mol. The number of rotatable bonds is 2. The third-order valence-corrected chi connectivity index (χ3v) is 3.96. The maximum Gasteiger partial charge on any atom is 0.230 e. The van der Waals surface area contributed by atoms with Gasteiger partial charge in [-0.3, -0.25) is 4.98 Å². The maximum absolute atomic E-state index is 5.91. The van der Waals surface area contributed by atoms with Crippen LogP contribution < -0.4 is 5.73 Å². The molecule has 0 aliphatic heterocycles. The molecule has 1 aliphatic carbocycles. The van der Waals surface area contributed by atoms with E-state index in [1.54, 1.807) is 12.4 Å². The highest BCUT2D eigenvalue weighted by atomic mass is 79.9. The van der Waals surface area contributed by atoms with Gasteiger partial charge in [0.25, 0.3) is 0 Å². The van der Waals surface area contributed by atoms with Crippen molar-refractivity contribution in [2.45, 2.75) is 37.6 Å². The van der Waals surface area contributed by atoms with E-state index >= 15 is 0 Å². The topological polar surface area (TPSA) is 77.8 Å². The normalized spacial score (nSPS) is 23.5. The molecule has 0 atom stereocenters. The lowest BCUT2D eigenvalue weighted by atomic mass is 9.86. The Morgan fingerprint density at radius 1 is 1.21 bits per heavy atom. The number of pyridine rings is 1. The Morgan fingerprint density at radius 2 is 2.00 bits per heavy atom. The molecular formula is C13H15BrN4O. The van der Waals surface area contributed by atoms with E-state index in [1.165, 1.54) is 0 Å². The molecule has 5 nitrogen and oxygen atoms in total. The van der Waals surface area contributed by atoms with Crippen LogP contribution in [0.3, 0.4) is 0 Å². The first-order valence-corrected chi connectivity index (χ1v) is 7.22. The molecule has 3 rings (SSSR count). The van der Waals surface area contributed by atoms with Crippen LogP contribution in [0.2, 0.25) is 0 Å². The number of nitrogens with zero attached hydrogens (tertiary/aromatic N) is 3. The highest BCUT2D eigenvalue weighted by Gasteiger charge is 2.25. The van der Waals surface area contributed by atoms with Crippen molar-refractivity contribution in [1.29, 1.82) is 0 Å². The Morgan fingerprint density at radius 3 is 2.74 bits per heavy atom. The molecule has 1 aliphatic rings. The van der Waals surface area contributed by atoms with Crippen molar-refractivity contribution >= 4 is 15.9 Å². The van der Waals surface area contributed by atoms with Gasteiger partial charge in [-0.2, -0.15) is 4.98 Å². The third-order valence-electron chi connectivity index (χ3n) is 3.53. The minimum absolute atomic E-state index is 0.327.